The van der Waals surface area contributed by atoms with E-state index < -0.39 is 23.6 Å². The van der Waals surface area contributed by atoms with Crippen molar-refractivity contribution in [2.75, 3.05) is 13.1 Å². The molecule has 2 heterocycles. The van der Waals surface area contributed by atoms with Crippen molar-refractivity contribution in [2.24, 2.45) is 0 Å². The van der Waals surface area contributed by atoms with Gasteiger partial charge < -0.3 is 0 Å². The fraction of sp³-hybridized carbons (Fsp3) is 0.222. The molecule has 0 saturated carbocycles. The van der Waals surface area contributed by atoms with Gasteiger partial charge in [-0.15, -0.1) is 0 Å². The number of halogens is 3. The summed E-state index contributed by atoms with van der Waals surface area (Å²) in [6.45, 7) is 3.51. The molecule has 0 aliphatic carbocycles. The van der Waals surface area contributed by atoms with E-state index in [9.17, 15) is 19.2 Å². The Bertz CT molecular complexity index is 1130. The number of hydrogen-bond acceptors (Lipinski definition) is 4. The van der Waals surface area contributed by atoms with Crippen LogP contribution in [0, 0.1) is 0 Å². The molecule has 138 valence electrons. The van der Waals surface area contributed by atoms with Crippen LogP contribution in [-0.4, -0.2) is 46.5 Å². The lowest BCUT2D eigenvalue weighted by Gasteiger charge is -2.33. The van der Waals surface area contributed by atoms with Gasteiger partial charge >= 0.3 is 0 Å². The molecule has 0 radical (unpaired) electrons. The maximum absolute atomic E-state index is 12.9. The van der Waals surface area contributed by atoms with Crippen molar-refractivity contribution in [3.63, 3.8) is 0 Å². The van der Waals surface area contributed by atoms with Crippen LogP contribution in [0.1, 0.15) is 55.3 Å². The van der Waals surface area contributed by atoms with Crippen molar-refractivity contribution < 1.29 is 19.2 Å². The SMILES string of the molecule is CCN1C(=O)c2cc(Cl)c3c4c(c(Cl)c(Cl)c(c24)C1=O)C(=O)N(CC)C3=O. The van der Waals surface area contributed by atoms with Crippen LogP contribution in [0.4, 0.5) is 0 Å². The summed E-state index contributed by atoms with van der Waals surface area (Å²) in [6.07, 6.45) is 0. The molecule has 0 bridgehead atoms. The molecule has 2 aromatic rings. The number of hydrogen-bond donors (Lipinski definition) is 0. The van der Waals surface area contributed by atoms with Gasteiger partial charge in [0, 0.05) is 23.9 Å². The fourth-order valence-electron chi connectivity index (χ4n) is 3.69. The van der Waals surface area contributed by atoms with E-state index in [-0.39, 0.29) is 61.2 Å². The highest BCUT2D eigenvalue weighted by molar-refractivity contribution is 6.51. The Kier molecular flexibility index (Phi) is 4.00. The van der Waals surface area contributed by atoms with Crippen molar-refractivity contribution >= 4 is 69.2 Å². The Morgan fingerprint density at radius 1 is 0.704 bits per heavy atom. The Hall–Kier alpha value is -2.15. The summed E-state index contributed by atoms with van der Waals surface area (Å²) in [5.41, 5.74) is 0.129. The minimum absolute atomic E-state index is 0.000307. The highest BCUT2D eigenvalue weighted by Crippen LogP contribution is 2.47. The van der Waals surface area contributed by atoms with Gasteiger partial charge in [0.05, 0.1) is 37.3 Å². The maximum Gasteiger partial charge on any atom is 0.262 e. The zero-order chi connectivity index (χ0) is 19.8. The molecular formula is C18H11Cl3N2O4. The van der Waals surface area contributed by atoms with Crippen LogP contribution in [0.5, 0.6) is 0 Å². The van der Waals surface area contributed by atoms with Crippen molar-refractivity contribution in [3.05, 3.63) is 43.4 Å². The number of carbonyl (C=O) groups excluding carboxylic acids is 4. The number of rotatable bonds is 2. The smallest absolute Gasteiger partial charge is 0.262 e. The number of imide groups is 2. The Morgan fingerprint density at radius 2 is 1.15 bits per heavy atom. The average Bonchev–Trinajstić information content (AvgIpc) is 2.62. The Labute approximate surface area is 168 Å². The topological polar surface area (TPSA) is 74.8 Å². The molecule has 0 N–H and O–H groups in total. The summed E-state index contributed by atoms with van der Waals surface area (Å²) in [5.74, 6) is -2.43. The van der Waals surface area contributed by atoms with E-state index in [0.29, 0.717) is 0 Å². The normalized spacial score (nSPS) is 16.0. The van der Waals surface area contributed by atoms with Gasteiger partial charge in [0.2, 0.25) is 0 Å². The maximum atomic E-state index is 12.9. The van der Waals surface area contributed by atoms with Gasteiger partial charge in [-0.05, 0) is 19.9 Å². The lowest BCUT2D eigenvalue weighted by molar-refractivity contribution is 0.0597. The van der Waals surface area contributed by atoms with Gasteiger partial charge in [-0.3, -0.25) is 29.0 Å². The highest BCUT2D eigenvalue weighted by Gasteiger charge is 2.43. The van der Waals surface area contributed by atoms with E-state index in [1.54, 1.807) is 13.8 Å². The highest BCUT2D eigenvalue weighted by atomic mass is 35.5. The van der Waals surface area contributed by atoms with Crippen LogP contribution in [0.15, 0.2) is 6.07 Å². The Balaban J connectivity index is 2.29. The minimum atomic E-state index is -0.639. The first-order chi connectivity index (χ1) is 12.8. The molecular weight excluding hydrogens is 415 g/mol. The summed E-state index contributed by atoms with van der Waals surface area (Å²) in [5, 5.41) is 0.0134. The lowest BCUT2D eigenvalue weighted by Crippen LogP contribution is -2.43. The van der Waals surface area contributed by atoms with Crippen LogP contribution >= 0.6 is 34.8 Å². The standard InChI is InChI=1S/C18H11Cl3N2O4/c1-3-22-15(24)6-5-7(19)9-10-8(6)11(17(22)26)13(20)14(21)12(10)18(27)23(4-2)16(9)25/h5H,3-4H2,1-2H3. The molecule has 0 fully saturated rings. The van der Waals surface area contributed by atoms with E-state index in [0.717, 1.165) is 9.80 Å². The molecule has 2 aromatic carbocycles. The molecule has 4 amide bonds. The van der Waals surface area contributed by atoms with Crippen LogP contribution in [0.25, 0.3) is 10.8 Å². The van der Waals surface area contributed by atoms with Gasteiger partial charge in [-0.2, -0.15) is 0 Å². The van der Waals surface area contributed by atoms with Gasteiger partial charge in [-0.1, -0.05) is 34.8 Å². The third-order valence-corrected chi connectivity index (χ3v) is 6.05. The van der Waals surface area contributed by atoms with Crippen LogP contribution in [-0.2, 0) is 0 Å². The quantitative estimate of drug-likeness (QED) is 0.681. The monoisotopic (exact) mass is 424 g/mol. The summed E-state index contributed by atoms with van der Waals surface area (Å²) in [6, 6.07) is 1.34. The third kappa shape index (κ3) is 2.09. The molecule has 6 nitrogen and oxygen atoms in total. The summed E-state index contributed by atoms with van der Waals surface area (Å²) in [4.78, 5) is 53.4. The number of benzene rings is 2. The molecule has 2 aliphatic rings. The summed E-state index contributed by atoms with van der Waals surface area (Å²) in [7, 11) is 0. The van der Waals surface area contributed by atoms with E-state index in [4.69, 9.17) is 34.8 Å². The predicted molar refractivity (Wildman–Crippen MR) is 101 cm³/mol. The number of amides is 4. The molecule has 4 rings (SSSR count). The first kappa shape index (κ1) is 18.2. The molecule has 0 aromatic heterocycles. The Morgan fingerprint density at radius 3 is 1.67 bits per heavy atom. The van der Waals surface area contributed by atoms with Gasteiger partial charge in [0.15, 0.2) is 0 Å². The van der Waals surface area contributed by atoms with Gasteiger partial charge in [0.25, 0.3) is 23.6 Å². The van der Waals surface area contributed by atoms with Gasteiger partial charge in [-0.25, -0.2) is 0 Å². The molecule has 0 saturated heterocycles. The average molecular weight is 426 g/mol. The van der Waals surface area contributed by atoms with Crippen LogP contribution in [0.3, 0.4) is 0 Å². The lowest BCUT2D eigenvalue weighted by atomic mass is 9.85. The molecule has 0 unspecified atom stereocenters. The van der Waals surface area contributed by atoms with E-state index in [1.807, 2.05) is 0 Å². The van der Waals surface area contributed by atoms with Crippen molar-refractivity contribution in [3.8, 4) is 0 Å². The second-order valence-electron chi connectivity index (χ2n) is 6.12. The fourth-order valence-corrected chi connectivity index (χ4v) is 4.51. The van der Waals surface area contributed by atoms with E-state index in [1.165, 1.54) is 6.07 Å². The first-order valence-electron chi connectivity index (χ1n) is 8.15. The predicted octanol–water partition coefficient (Wildman–Crippen LogP) is 4.03. The van der Waals surface area contributed by atoms with E-state index in [2.05, 4.69) is 0 Å². The molecule has 0 atom stereocenters. The van der Waals surface area contributed by atoms with E-state index >= 15 is 0 Å². The zero-order valence-electron chi connectivity index (χ0n) is 14.2. The summed E-state index contributed by atoms with van der Waals surface area (Å²) < 4.78 is 0. The molecule has 9 heteroatoms. The summed E-state index contributed by atoms with van der Waals surface area (Å²) >= 11 is 19.0. The minimum Gasteiger partial charge on any atom is -0.275 e. The second-order valence-corrected chi connectivity index (χ2v) is 7.28. The second kappa shape index (κ2) is 5.92. The van der Waals surface area contributed by atoms with Crippen molar-refractivity contribution in [1.82, 2.24) is 9.80 Å². The van der Waals surface area contributed by atoms with Gasteiger partial charge in [0.1, 0.15) is 0 Å². The number of carbonyl (C=O) groups is 4. The zero-order valence-corrected chi connectivity index (χ0v) is 16.4. The molecule has 2 aliphatic heterocycles. The largest absolute Gasteiger partial charge is 0.275 e. The number of nitrogens with zero attached hydrogens (tertiary/aromatic N) is 2. The first-order valence-corrected chi connectivity index (χ1v) is 9.29. The molecule has 0 spiro atoms. The third-order valence-electron chi connectivity index (χ3n) is 4.90. The van der Waals surface area contributed by atoms with Crippen LogP contribution < -0.4 is 0 Å². The van der Waals surface area contributed by atoms with Crippen molar-refractivity contribution in [1.29, 1.82) is 0 Å². The molecule has 27 heavy (non-hydrogen) atoms. The van der Waals surface area contributed by atoms with Crippen LogP contribution in [0.2, 0.25) is 15.1 Å². The van der Waals surface area contributed by atoms with Crippen molar-refractivity contribution in [2.45, 2.75) is 13.8 Å².